The number of nitrogens with zero attached hydrogens (tertiary/aromatic N) is 3. The van der Waals surface area contributed by atoms with Crippen molar-refractivity contribution in [3.05, 3.63) is 40.8 Å². The first-order valence-electron chi connectivity index (χ1n) is 6.33. The van der Waals surface area contributed by atoms with Crippen LogP contribution in [0.25, 0.3) is 11.3 Å². The number of anilines is 1. The van der Waals surface area contributed by atoms with E-state index >= 15 is 0 Å². The maximum absolute atomic E-state index is 6.17. The molecule has 3 nitrogen and oxygen atoms in total. The minimum atomic E-state index is 0.540. The Bertz CT molecular complexity index is 577. The van der Waals surface area contributed by atoms with Gasteiger partial charge >= 0.3 is 0 Å². The zero-order valence-corrected chi connectivity index (χ0v) is 12.5. The Kier molecular flexibility index (Phi) is 4.05. The van der Waals surface area contributed by atoms with Crippen LogP contribution in [-0.2, 0) is 6.42 Å². The van der Waals surface area contributed by atoms with Gasteiger partial charge in [0, 0.05) is 37.3 Å². The Balaban J connectivity index is 2.49. The molecule has 1 heterocycles. The lowest BCUT2D eigenvalue weighted by Crippen LogP contribution is -2.08. The molecule has 0 aliphatic carbocycles. The molecule has 0 N–H and O–H groups in total. The van der Waals surface area contributed by atoms with Crippen molar-refractivity contribution < 1.29 is 0 Å². The van der Waals surface area contributed by atoms with Gasteiger partial charge in [-0.2, -0.15) is 0 Å². The first kappa shape index (κ1) is 13.8. The number of aromatic nitrogens is 2. The fourth-order valence-corrected chi connectivity index (χ4v) is 2.08. The Morgan fingerprint density at radius 3 is 2.26 bits per heavy atom. The Hall–Kier alpha value is -1.61. The second-order valence-electron chi connectivity index (χ2n) is 4.70. The average molecular weight is 276 g/mol. The van der Waals surface area contributed by atoms with E-state index in [0.29, 0.717) is 5.15 Å². The van der Waals surface area contributed by atoms with E-state index in [1.165, 1.54) is 0 Å². The van der Waals surface area contributed by atoms with Crippen molar-refractivity contribution in [2.24, 2.45) is 0 Å². The van der Waals surface area contributed by atoms with Gasteiger partial charge < -0.3 is 4.90 Å². The third-order valence-corrected chi connectivity index (χ3v) is 3.47. The highest BCUT2D eigenvalue weighted by atomic mass is 35.5. The maximum atomic E-state index is 6.17. The van der Waals surface area contributed by atoms with Crippen molar-refractivity contribution in [1.82, 2.24) is 9.97 Å². The monoisotopic (exact) mass is 275 g/mol. The fourth-order valence-electron chi connectivity index (χ4n) is 1.89. The number of hydrogen-bond donors (Lipinski definition) is 0. The lowest BCUT2D eigenvalue weighted by Gasteiger charge is -2.13. The maximum Gasteiger partial charge on any atom is 0.136 e. The van der Waals surface area contributed by atoms with Crippen molar-refractivity contribution in [1.29, 1.82) is 0 Å². The Labute approximate surface area is 119 Å². The van der Waals surface area contributed by atoms with Crippen molar-refractivity contribution >= 4 is 17.3 Å². The summed E-state index contributed by atoms with van der Waals surface area (Å²) in [4.78, 5) is 10.9. The summed E-state index contributed by atoms with van der Waals surface area (Å²) in [6, 6.07) is 8.30. The van der Waals surface area contributed by atoms with Gasteiger partial charge in [0.1, 0.15) is 11.0 Å². The molecule has 2 rings (SSSR count). The van der Waals surface area contributed by atoms with E-state index in [4.69, 9.17) is 11.6 Å². The van der Waals surface area contributed by atoms with Crippen molar-refractivity contribution in [3.8, 4) is 11.3 Å². The van der Waals surface area contributed by atoms with Gasteiger partial charge in [-0.25, -0.2) is 9.97 Å². The average Bonchev–Trinajstić information content (AvgIpc) is 2.41. The number of hydrogen-bond acceptors (Lipinski definition) is 3. The summed E-state index contributed by atoms with van der Waals surface area (Å²) in [5.41, 5.74) is 4.08. The predicted octanol–water partition coefficient (Wildman–Crippen LogP) is 3.73. The zero-order valence-electron chi connectivity index (χ0n) is 11.7. The van der Waals surface area contributed by atoms with Crippen LogP contribution in [0, 0.1) is 6.92 Å². The number of halogens is 1. The van der Waals surface area contributed by atoms with Crippen LogP contribution >= 0.6 is 11.6 Å². The summed E-state index contributed by atoms with van der Waals surface area (Å²) in [6.07, 6.45) is 0.781. The van der Waals surface area contributed by atoms with Gasteiger partial charge in [0.05, 0.1) is 5.69 Å². The van der Waals surface area contributed by atoms with Crippen LogP contribution in [0.3, 0.4) is 0 Å². The molecular weight excluding hydrogens is 258 g/mol. The molecule has 4 heteroatoms. The lowest BCUT2D eigenvalue weighted by molar-refractivity contribution is 0.934. The van der Waals surface area contributed by atoms with Crippen LogP contribution in [0.1, 0.15) is 18.3 Å². The molecule has 1 aromatic heterocycles. The molecule has 19 heavy (non-hydrogen) atoms. The van der Waals surface area contributed by atoms with Crippen LogP contribution in [0.2, 0.25) is 5.15 Å². The lowest BCUT2D eigenvalue weighted by atomic mass is 10.1. The summed E-state index contributed by atoms with van der Waals surface area (Å²) in [5.74, 6) is 0.780. The third kappa shape index (κ3) is 2.87. The molecule has 2 aromatic rings. The highest BCUT2D eigenvalue weighted by Gasteiger charge is 2.10. The number of aryl methyl sites for hydroxylation is 1. The van der Waals surface area contributed by atoms with Crippen LogP contribution in [0.4, 0.5) is 5.69 Å². The minimum absolute atomic E-state index is 0.540. The SMILES string of the molecule is CCc1nc(Cl)c(C)c(-c2ccc(N(C)C)cc2)n1. The van der Waals surface area contributed by atoms with E-state index in [2.05, 4.69) is 39.1 Å². The first-order chi connectivity index (χ1) is 9.02. The molecule has 0 atom stereocenters. The summed E-state index contributed by atoms with van der Waals surface area (Å²) < 4.78 is 0. The predicted molar refractivity (Wildman–Crippen MR) is 80.9 cm³/mol. The van der Waals surface area contributed by atoms with Crippen molar-refractivity contribution in [2.75, 3.05) is 19.0 Å². The second kappa shape index (κ2) is 5.57. The molecule has 0 aliphatic rings. The largest absolute Gasteiger partial charge is 0.378 e. The van der Waals surface area contributed by atoms with E-state index in [9.17, 15) is 0 Å². The molecule has 0 fully saturated rings. The van der Waals surface area contributed by atoms with E-state index < -0.39 is 0 Å². The Morgan fingerprint density at radius 2 is 1.74 bits per heavy atom. The van der Waals surface area contributed by atoms with E-state index in [-0.39, 0.29) is 0 Å². The number of benzene rings is 1. The molecule has 0 aliphatic heterocycles. The van der Waals surface area contributed by atoms with E-state index in [1.54, 1.807) is 0 Å². The standard InChI is InChI=1S/C15H18ClN3/c1-5-13-17-14(10(2)15(16)18-13)11-6-8-12(9-7-11)19(3)4/h6-9H,5H2,1-4H3. The summed E-state index contributed by atoms with van der Waals surface area (Å²) in [7, 11) is 4.05. The normalized spacial score (nSPS) is 10.6. The molecule has 1 aromatic carbocycles. The highest BCUT2D eigenvalue weighted by molar-refractivity contribution is 6.30. The smallest absolute Gasteiger partial charge is 0.136 e. The van der Waals surface area contributed by atoms with Crippen LogP contribution in [0.5, 0.6) is 0 Å². The zero-order chi connectivity index (χ0) is 14.0. The second-order valence-corrected chi connectivity index (χ2v) is 5.06. The van der Waals surface area contributed by atoms with Gasteiger partial charge in [-0.1, -0.05) is 30.7 Å². The third-order valence-electron chi connectivity index (χ3n) is 3.11. The van der Waals surface area contributed by atoms with Crippen molar-refractivity contribution in [2.45, 2.75) is 20.3 Å². The molecular formula is C15H18ClN3. The molecule has 0 amide bonds. The minimum Gasteiger partial charge on any atom is -0.378 e. The highest BCUT2D eigenvalue weighted by Crippen LogP contribution is 2.27. The summed E-state index contributed by atoms with van der Waals surface area (Å²) >= 11 is 6.17. The van der Waals surface area contributed by atoms with Gasteiger partial charge in [-0.3, -0.25) is 0 Å². The first-order valence-corrected chi connectivity index (χ1v) is 6.71. The molecule has 100 valence electrons. The fraction of sp³-hybridized carbons (Fsp3) is 0.333. The molecule has 0 spiro atoms. The van der Waals surface area contributed by atoms with Gasteiger partial charge in [-0.15, -0.1) is 0 Å². The topological polar surface area (TPSA) is 29.0 Å². The van der Waals surface area contributed by atoms with E-state index in [0.717, 1.165) is 34.8 Å². The Morgan fingerprint density at radius 1 is 1.11 bits per heavy atom. The molecule has 0 saturated heterocycles. The molecule has 0 unspecified atom stereocenters. The number of rotatable bonds is 3. The molecule has 0 bridgehead atoms. The van der Waals surface area contributed by atoms with Crippen LogP contribution < -0.4 is 4.90 Å². The van der Waals surface area contributed by atoms with Gasteiger partial charge in [0.2, 0.25) is 0 Å². The summed E-state index contributed by atoms with van der Waals surface area (Å²) in [5, 5.41) is 0.540. The summed E-state index contributed by atoms with van der Waals surface area (Å²) in [6.45, 7) is 3.98. The van der Waals surface area contributed by atoms with Crippen LogP contribution in [-0.4, -0.2) is 24.1 Å². The van der Waals surface area contributed by atoms with Crippen molar-refractivity contribution in [3.63, 3.8) is 0 Å². The van der Waals surface area contributed by atoms with Gasteiger partial charge in [0.15, 0.2) is 0 Å². The van der Waals surface area contributed by atoms with Gasteiger partial charge in [-0.05, 0) is 19.1 Å². The van der Waals surface area contributed by atoms with Crippen LogP contribution in [0.15, 0.2) is 24.3 Å². The quantitative estimate of drug-likeness (QED) is 0.799. The van der Waals surface area contributed by atoms with E-state index in [1.807, 2.05) is 27.9 Å². The molecule has 0 radical (unpaired) electrons. The molecule has 0 saturated carbocycles. The van der Waals surface area contributed by atoms with Gasteiger partial charge in [0.25, 0.3) is 0 Å².